The fraction of sp³-hybridized carbons (Fsp3) is 0.167. The van der Waals surface area contributed by atoms with Crippen LogP contribution < -0.4 is 5.73 Å². The number of nitrogens with two attached hydrogens (primary N) is 1. The molecular formula is C18H17ClN4OS. The average Bonchev–Trinajstić information content (AvgIpc) is 2.99. The number of amides is 1. The van der Waals surface area contributed by atoms with E-state index in [0.29, 0.717) is 16.0 Å². The Morgan fingerprint density at radius 1 is 1.20 bits per heavy atom. The molecule has 0 saturated heterocycles. The van der Waals surface area contributed by atoms with Gasteiger partial charge in [0.25, 0.3) is 0 Å². The molecule has 1 amide bonds. The molecule has 0 radical (unpaired) electrons. The highest BCUT2D eigenvalue weighted by Gasteiger charge is 2.20. The fourth-order valence-electron chi connectivity index (χ4n) is 2.35. The molecule has 0 aliphatic heterocycles. The Morgan fingerprint density at radius 2 is 1.92 bits per heavy atom. The first-order valence-corrected chi connectivity index (χ1v) is 8.96. The number of primary amides is 1. The summed E-state index contributed by atoms with van der Waals surface area (Å²) in [4.78, 5) is 11.4. The van der Waals surface area contributed by atoms with Crippen molar-refractivity contribution >= 4 is 29.3 Å². The summed E-state index contributed by atoms with van der Waals surface area (Å²) in [5.74, 6) is 0.290. The topological polar surface area (TPSA) is 73.8 Å². The van der Waals surface area contributed by atoms with Crippen molar-refractivity contribution in [3.63, 3.8) is 0 Å². The molecule has 1 heterocycles. The highest BCUT2D eigenvalue weighted by atomic mass is 35.5. The summed E-state index contributed by atoms with van der Waals surface area (Å²) in [5, 5.41) is 9.47. The Labute approximate surface area is 155 Å². The molecule has 0 aliphatic carbocycles. The third-order valence-corrected chi connectivity index (χ3v) is 4.99. The predicted molar refractivity (Wildman–Crippen MR) is 101 cm³/mol. The molecule has 1 atom stereocenters. The Kier molecular flexibility index (Phi) is 5.11. The van der Waals surface area contributed by atoms with E-state index in [9.17, 15) is 4.79 Å². The predicted octanol–water partition coefficient (Wildman–Crippen LogP) is 3.86. The van der Waals surface area contributed by atoms with Gasteiger partial charge in [-0.2, -0.15) is 0 Å². The first-order chi connectivity index (χ1) is 12.0. The molecular weight excluding hydrogens is 356 g/mol. The van der Waals surface area contributed by atoms with Crippen LogP contribution in [-0.4, -0.2) is 25.9 Å². The fourth-order valence-corrected chi connectivity index (χ4v) is 3.29. The van der Waals surface area contributed by atoms with Crippen LogP contribution in [0.5, 0.6) is 0 Å². The maximum atomic E-state index is 11.4. The van der Waals surface area contributed by atoms with E-state index < -0.39 is 11.2 Å². The largest absolute Gasteiger partial charge is 0.369 e. The molecule has 1 aromatic heterocycles. The minimum atomic E-state index is -0.411. The molecule has 2 N–H and O–H groups in total. The molecule has 0 aliphatic rings. The minimum absolute atomic E-state index is 0.392. The number of hydrogen-bond acceptors (Lipinski definition) is 4. The van der Waals surface area contributed by atoms with Crippen LogP contribution in [0.25, 0.3) is 17.1 Å². The molecule has 7 heteroatoms. The molecule has 5 nitrogen and oxygen atoms in total. The summed E-state index contributed by atoms with van der Waals surface area (Å²) < 4.78 is 1.93. The Hall–Kier alpha value is -2.31. The van der Waals surface area contributed by atoms with E-state index in [-0.39, 0.29) is 0 Å². The van der Waals surface area contributed by atoms with Crippen molar-refractivity contribution in [3.8, 4) is 17.1 Å². The van der Waals surface area contributed by atoms with Crippen LogP contribution in [0.1, 0.15) is 12.5 Å². The Bertz CT molecular complexity index is 908. The maximum absolute atomic E-state index is 11.4. The minimum Gasteiger partial charge on any atom is -0.369 e. The number of aryl methyl sites for hydroxylation is 1. The van der Waals surface area contributed by atoms with Crippen molar-refractivity contribution < 1.29 is 4.79 Å². The van der Waals surface area contributed by atoms with E-state index in [1.54, 1.807) is 6.92 Å². The summed E-state index contributed by atoms with van der Waals surface area (Å²) >= 11 is 7.27. The van der Waals surface area contributed by atoms with E-state index >= 15 is 0 Å². The summed E-state index contributed by atoms with van der Waals surface area (Å²) in [6.07, 6.45) is 0. The van der Waals surface area contributed by atoms with Gasteiger partial charge in [-0.25, -0.2) is 0 Å². The van der Waals surface area contributed by atoms with Gasteiger partial charge in [0.2, 0.25) is 5.91 Å². The van der Waals surface area contributed by atoms with E-state index in [0.717, 1.165) is 16.8 Å². The number of thioether (sulfide) groups is 1. The lowest BCUT2D eigenvalue weighted by Gasteiger charge is -2.12. The zero-order chi connectivity index (χ0) is 18.0. The second-order valence-electron chi connectivity index (χ2n) is 5.65. The standard InChI is InChI=1S/C18H17ClN4OS/c1-11-4-3-5-15(10-11)23-17(13-6-8-14(19)9-7-13)21-22-18(23)25-12(2)16(20)24/h3-10,12H,1-2H3,(H2,20,24)/t12-/m1/s1. The van der Waals surface area contributed by atoms with Crippen LogP contribution in [0.2, 0.25) is 5.02 Å². The smallest absolute Gasteiger partial charge is 0.230 e. The number of rotatable bonds is 5. The Morgan fingerprint density at radius 3 is 2.56 bits per heavy atom. The number of benzene rings is 2. The van der Waals surface area contributed by atoms with E-state index in [1.165, 1.54) is 11.8 Å². The highest BCUT2D eigenvalue weighted by molar-refractivity contribution is 8.00. The summed E-state index contributed by atoms with van der Waals surface area (Å²) in [6.45, 7) is 3.78. The van der Waals surface area contributed by atoms with Gasteiger partial charge in [0.05, 0.1) is 5.25 Å². The van der Waals surface area contributed by atoms with Crippen molar-refractivity contribution in [1.29, 1.82) is 0 Å². The molecule has 0 bridgehead atoms. The quantitative estimate of drug-likeness (QED) is 0.690. The summed E-state index contributed by atoms with van der Waals surface area (Å²) in [7, 11) is 0. The first kappa shape index (κ1) is 17.5. The monoisotopic (exact) mass is 372 g/mol. The third kappa shape index (κ3) is 3.86. The Balaban J connectivity index is 2.14. The van der Waals surface area contributed by atoms with Gasteiger partial charge in [0, 0.05) is 16.3 Å². The second-order valence-corrected chi connectivity index (χ2v) is 7.39. The molecule has 2 aromatic carbocycles. The van der Waals surface area contributed by atoms with Gasteiger partial charge < -0.3 is 5.73 Å². The molecule has 0 saturated carbocycles. The van der Waals surface area contributed by atoms with Gasteiger partial charge in [-0.1, -0.05) is 35.5 Å². The number of halogens is 1. The SMILES string of the molecule is Cc1cccc(-n2c(S[C@H](C)C(N)=O)nnc2-c2ccc(Cl)cc2)c1. The van der Waals surface area contributed by atoms with Crippen LogP contribution in [0.3, 0.4) is 0 Å². The van der Waals surface area contributed by atoms with Crippen molar-refractivity contribution in [2.24, 2.45) is 5.73 Å². The van der Waals surface area contributed by atoms with Crippen LogP contribution in [0.4, 0.5) is 0 Å². The van der Waals surface area contributed by atoms with E-state index in [4.69, 9.17) is 17.3 Å². The molecule has 0 fully saturated rings. The van der Waals surface area contributed by atoms with Gasteiger partial charge >= 0.3 is 0 Å². The van der Waals surface area contributed by atoms with Gasteiger partial charge in [-0.05, 0) is 55.8 Å². The maximum Gasteiger partial charge on any atom is 0.230 e. The van der Waals surface area contributed by atoms with Gasteiger partial charge in [0.1, 0.15) is 0 Å². The van der Waals surface area contributed by atoms with Gasteiger partial charge in [-0.15, -0.1) is 10.2 Å². The number of hydrogen-bond donors (Lipinski definition) is 1. The molecule has 0 spiro atoms. The molecule has 128 valence electrons. The average molecular weight is 373 g/mol. The van der Waals surface area contributed by atoms with E-state index in [2.05, 4.69) is 10.2 Å². The molecule has 25 heavy (non-hydrogen) atoms. The van der Waals surface area contributed by atoms with Gasteiger partial charge in [-0.3, -0.25) is 9.36 Å². The summed E-state index contributed by atoms with van der Waals surface area (Å²) in [6, 6.07) is 15.4. The number of carbonyl (C=O) groups is 1. The van der Waals surface area contributed by atoms with Crippen molar-refractivity contribution in [2.75, 3.05) is 0 Å². The zero-order valence-corrected chi connectivity index (χ0v) is 15.4. The van der Waals surface area contributed by atoms with Crippen LogP contribution >= 0.6 is 23.4 Å². The highest BCUT2D eigenvalue weighted by Crippen LogP contribution is 2.30. The molecule has 3 rings (SSSR count). The number of nitrogens with zero attached hydrogens (tertiary/aromatic N) is 3. The lowest BCUT2D eigenvalue weighted by atomic mass is 10.2. The molecule has 0 unspecified atom stereocenters. The van der Waals surface area contributed by atoms with Crippen LogP contribution in [0, 0.1) is 6.92 Å². The third-order valence-electron chi connectivity index (χ3n) is 3.68. The summed E-state index contributed by atoms with van der Waals surface area (Å²) in [5.41, 5.74) is 8.33. The van der Waals surface area contributed by atoms with Crippen molar-refractivity contribution in [3.05, 3.63) is 59.1 Å². The van der Waals surface area contributed by atoms with E-state index in [1.807, 2.05) is 60.0 Å². The van der Waals surface area contributed by atoms with Crippen LogP contribution in [-0.2, 0) is 4.79 Å². The van der Waals surface area contributed by atoms with Crippen molar-refractivity contribution in [2.45, 2.75) is 24.3 Å². The normalized spacial score (nSPS) is 12.1. The zero-order valence-electron chi connectivity index (χ0n) is 13.8. The lowest BCUT2D eigenvalue weighted by Crippen LogP contribution is -2.23. The number of carbonyl (C=O) groups excluding carboxylic acids is 1. The number of aromatic nitrogens is 3. The lowest BCUT2D eigenvalue weighted by molar-refractivity contribution is -0.117. The molecule has 3 aromatic rings. The van der Waals surface area contributed by atoms with Crippen LogP contribution in [0.15, 0.2) is 53.7 Å². The second kappa shape index (κ2) is 7.29. The first-order valence-electron chi connectivity index (χ1n) is 7.70. The van der Waals surface area contributed by atoms with Crippen molar-refractivity contribution in [1.82, 2.24) is 14.8 Å². The van der Waals surface area contributed by atoms with Gasteiger partial charge in [0.15, 0.2) is 11.0 Å².